The van der Waals surface area contributed by atoms with E-state index in [1.165, 1.54) is 19.1 Å². The number of aromatic hydroxyl groups is 6. The van der Waals surface area contributed by atoms with E-state index in [4.69, 9.17) is 8.83 Å². The second-order valence-electron chi connectivity index (χ2n) is 6.65. The van der Waals surface area contributed by atoms with Crippen LogP contribution in [0, 0.1) is 0 Å². The molecule has 0 fully saturated rings. The molecular formula is C20H14O10. The Balaban J connectivity index is 2.02. The predicted octanol–water partition coefficient (Wildman–Crippen LogP) is 2.28. The van der Waals surface area contributed by atoms with Crippen molar-refractivity contribution in [1.29, 1.82) is 0 Å². The van der Waals surface area contributed by atoms with Crippen LogP contribution >= 0.6 is 0 Å². The molecule has 0 radical (unpaired) electrons. The smallest absolute Gasteiger partial charge is 0.343 e. The fourth-order valence-electron chi connectivity index (χ4n) is 3.39. The van der Waals surface area contributed by atoms with Crippen LogP contribution in [-0.4, -0.2) is 30.6 Å². The van der Waals surface area contributed by atoms with Crippen molar-refractivity contribution < 1.29 is 39.5 Å². The van der Waals surface area contributed by atoms with Gasteiger partial charge in [0.05, 0.1) is 21.9 Å². The third kappa shape index (κ3) is 2.50. The Morgan fingerprint density at radius 1 is 0.633 bits per heavy atom. The molecule has 0 atom stereocenters. The van der Waals surface area contributed by atoms with E-state index in [0.717, 1.165) is 12.1 Å². The number of phenols is 4. The molecule has 2 aromatic carbocycles. The van der Waals surface area contributed by atoms with Crippen LogP contribution in [0.1, 0.15) is 24.0 Å². The van der Waals surface area contributed by atoms with Crippen LogP contribution < -0.4 is 11.3 Å². The highest BCUT2D eigenvalue weighted by molar-refractivity contribution is 5.92. The molecule has 154 valence electrons. The van der Waals surface area contributed by atoms with Crippen LogP contribution in [-0.2, 0) is 0 Å². The van der Waals surface area contributed by atoms with Gasteiger partial charge in [-0.1, -0.05) is 6.92 Å². The molecule has 10 nitrogen and oxygen atoms in total. The number of fused-ring (bicyclic) bond motifs is 2. The van der Waals surface area contributed by atoms with E-state index >= 15 is 0 Å². The molecule has 0 saturated heterocycles. The number of benzene rings is 2. The Morgan fingerprint density at radius 3 is 1.37 bits per heavy atom. The van der Waals surface area contributed by atoms with Gasteiger partial charge in [-0.25, -0.2) is 9.59 Å². The summed E-state index contributed by atoms with van der Waals surface area (Å²) < 4.78 is 10.0. The van der Waals surface area contributed by atoms with E-state index in [9.17, 15) is 40.2 Å². The topological polar surface area (TPSA) is 182 Å². The van der Waals surface area contributed by atoms with Crippen LogP contribution in [0.3, 0.4) is 0 Å². The van der Waals surface area contributed by atoms with E-state index in [2.05, 4.69) is 0 Å². The molecular weight excluding hydrogens is 400 g/mol. The second-order valence-corrected chi connectivity index (χ2v) is 6.65. The third-order valence-electron chi connectivity index (χ3n) is 4.94. The molecule has 0 aliphatic heterocycles. The quantitative estimate of drug-likeness (QED) is 0.210. The maximum Gasteiger partial charge on any atom is 0.343 e. The maximum atomic E-state index is 12.5. The van der Waals surface area contributed by atoms with E-state index in [-0.39, 0.29) is 10.8 Å². The molecule has 30 heavy (non-hydrogen) atoms. The van der Waals surface area contributed by atoms with Gasteiger partial charge in [0.15, 0.2) is 22.7 Å². The van der Waals surface area contributed by atoms with Crippen molar-refractivity contribution in [3.63, 3.8) is 0 Å². The molecule has 6 N–H and O–H groups in total. The fourth-order valence-corrected chi connectivity index (χ4v) is 3.39. The molecule has 0 saturated carbocycles. The van der Waals surface area contributed by atoms with Crippen molar-refractivity contribution in [1.82, 2.24) is 0 Å². The first kappa shape index (κ1) is 19.0. The van der Waals surface area contributed by atoms with Crippen molar-refractivity contribution in [3.05, 3.63) is 56.2 Å². The fraction of sp³-hybridized carbons (Fsp3) is 0.100. The van der Waals surface area contributed by atoms with Gasteiger partial charge in [0.2, 0.25) is 11.5 Å². The largest absolute Gasteiger partial charge is 0.507 e. The minimum atomic E-state index is -1.24. The Labute approximate surface area is 165 Å². The molecule has 0 unspecified atom stereocenters. The zero-order chi connectivity index (χ0) is 21.9. The monoisotopic (exact) mass is 414 g/mol. The van der Waals surface area contributed by atoms with Crippen LogP contribution in [0.2, 0.25) is 0 Å². The maximum absolute atomic E-state index is 12.5. The molecule has 10 heteroatoms. The van der Waals surface area contributed by atoms with Gasteiger partial charge in [0, 0.05) is 5.92 Å². The molecule has 4 rings (SSSR count). The molecule has 0 bridgehead atoms. The third-order valence-corrected chi connectivity index (χ3v) is 4.94. The lowest BCUT2D eigenvalue weighted by molar-refractivity contribution is 0.391. The van der Waals surface area contributed by atoms with Gasteiger partial charge < -0.3 is 39.5 Å². The summed E-state index contributed by atoms with van der Waals surface area (Å²) in [7, 11) is 0. The van der Waals surface area contributed by atoms with E-state index in [1.54, 1.807) is 0 Å². The number of hydrogen-bond donors (Lipinski definition) is 6. The summed E-state index contributed by atoms with van der Waals surface area (Å²) in [4.78, 5) is 25.0. The van der Waals surface area contributed by atoms with Crippen molar-refractivity contribution in [2.45, 2.75) is 12.8 Å². The van der Waals surface area contributed by atoms with Crippen LogP contribution in [0.15, 0.2) is 42.7 Å². The lowest BCUT2D eigenvalue weighted by Gasteiger charge is -2.15. The Kier molecular flexibility index (Phi) is 4.02. The standard InChI is InChI=1S/C20H14O10/c1-6(11-13(23)7-2-4-9(21)15(25)17(7)29-19(11)27)12-14(24)8-3-5-10(22)16(26)18(8)30-20(12)28/h2-6,21-26H,1H3. The van der Waals surface area contributed by atoms with Crippen LogP contribution in [0.5, 0.6) is 34.5 Å². The van der Waals surface area contributed by atoms with Crippen molar-refractivity contribution >= 4 is 21.9 Å². The minimum absolute atomic E-state index is 0.112. The predicted molar refractivity (Wildman–Crippen MR) is 102 cm³/mol. The van der Waals surface area contributed by atoms with E-state index < -0.39 is 74.0 Å². The Bertz CT molecular complexity index is 1350. The van der Waals surface area contributed by atoms with Gasteiger partial charge in [0.25, 0.3) is 0 Å². The summed E-state index contributed by atoms with van der Waals surface area (Å²) in [6.07, 6.45) is 0. The summed E-state index contributed by atoms with van der Waals surface area (Å²) in [6.45, 7) is 1.33. The summed E-state index contributed by atoms with van der Waals surface area (Å²) in [5, 5.41) is 59.8. The summed E-state index contributed by atoms with van der Waals surface area (Å²) in [6, 6.07) is 4.54. The molecule has 0 aliphatic rings. The van der Waals surface area contributed by atoms with Crippen molar-refractivity contribution in [2.24, 2.45) is 0 Å². The highest BCUT2D eigenvalue weighted by Crippen LogP contribution is 2.43. The van der Waals surface area contributed by atoms with Gasteiger partial charge in [-0.3, -0.25) is 0 Å². The number of phenolic OH excluding ortho intramolecular Hbond substituents is 4. The SMILES string of the molecule is CC(c1c(O)c2ccc(O)c(O)c2oc1=O)c1c(O)c2ccc(O)c(O)c2oc1=O. The Morgan fingerprint density at radius 2 is 1.00 bits per heavy atom. The normalized spacial score (nSPS) is 11.5. The lowest BCUT2D eigenvalue weighted by atomic mass is 9.92. The van der Waals surface area contributed by atoms with E-state index in [1.807, 2.05) is 0 Å². The molecule has 4 aromatic rings. The first-order valence-corrected chi connectivity index (χ1v) is 8.54. The van der Waals surface area contributed by atoms with Gasteiger partial charge in [0.1, 0.15) is 11.5 Å². The average Bonchev–Trinajstić information content (AvgIpc) is 2.68. The molecule has 0 amide bonds. The van der Waals surface area contributed by atoms with Crippen molar-refractivity contribution in [2.75, 3.05) is 0 Å². The van der Waals surface area contributed by atoms with E-state index in [0.29, 0.717) is 0 Å². The number of hydrogen-bond acceptors (Lipinski definition) is 10. The Hall–Kier alpha value is -4.34. The van der Waals surface area contributed by atoms with Gasteiger partial charge in [-0.2, -0.15) is 0 Å². The zero-order valence-electron chi connectivity index (χ0n) is 15.2. The highest BCUT2D eigenvalue weighted by atomic mass is 16.4. The first-order valence-electron chi connectivity index (χ1n) is 8.54. The molecule has 0 aliphatic carbocycles. The molecule has 0 spiro atoms. The lowest BCUT2D eigenvalue weighted by Crippen LogP contribution is -2.18. The second kappa shape index (κ2) is 6.34. The molecule has 2 heterocycles. The summed E-state index contributed by atoms with van der Waals surface area (Å²) in [5.41, 5.74) is -3.97. The minimum Gasteiger partial charge on any atom is -0.507 e. The zero-order valence-corrected chi connectivity index (χ0v) is 15.2. The molecule has 2 aromatic heterocycles. The van der Waals surface area contributed by atoms with Gasteiger partial charge >= 0.3 is 11.3 Å². The van der Waals surface area contributed by atoms with Gasteiger partial charge in [-0.05, 0) is 24.3 Å². The highest BCUT2D eigenvalue weighted by Gasteiger charge is 2.29. The summed E-state index contributed by atoms with van der Waals surface area (Å²) >= 11 is 0. The number of rotatable bonds is 2. The van der Waals surface area contributed by atoms with Crippen molar-refractivity contribution in [3.8, 4) is 34.5 Å². The first-order chi connectivity index (χ1) is 14.1. The van der Waals surface area contributed by atoms with Crippen LogP contribution in [0.25, 0.3) is 21.9 Å². The van der Waals surface area contributed by atoms with Gasteiger partial charge in [-0.15, -0.1) is 0 Å². The summed E-state index contributed by atoms with van der Waals surface area (Å²) in [5.74, 6) is -5.13. The van der Waals surface area contributed by atoms with Crippen LogP contribution in [0.4, 0.5) is 0 Å². The average molecular weight is 414 g/mol.